The number of thiocarbonyl (C=S) groups is 1. The number of hydrogen-bond acceptors (Lipinski definition) is 5. The van der Waals surface area contributed by atoms with Crippen molar-refractivity contribution in [2.75, 3.05) is 14.2 Å². The van der Waals surface area contributed by atoms with Crippen molar-refractivity contribution in [2.24, 2.45) is 4.99 Å². The number of methoxy groups -OCH3 is 2. The van der Waals surface area contributed by atoms with Crippen molar-refractivity contribution in [1.29, 1.82) is 0 Å². The summed E-state index contributed by atoms with van der Waals surface area (Å²) in [4.78, 5) is 15.1. The smallest absolute Gasteiger partial charge is 0.341 e. The first kappa shape index (κ1) is 11.4. The van der Waals surface area contributed by atoms with Gasteiger partial charge in [-0.1, -0.05) is 0 Å². The van der Waals surface area contributed by atoms with E-state index in [0.717, 1.165) is 0 Å². The molecule has 0 spiro atoms. The Balaban J connectivity index is 3.20. The summed E-state index contributed by atoms with van der Waals surface area (Å²) in [5, 5.41) is 2.23. The van der Waals surface area contributed by atoms with Crippen molar-refractivity contribution in [3.8, 4) is 5.75 Å². The summed E-state index contributed by atoms with van der Waals surface area (Å²) in [6.07, 6.45) is 0. The Morgan fingerprint density at radius 3 is 2.73 bits per heavy atom. The molecule has 1 aromatic carbocycles. The van der Waals surface area contributed by atoms with Gasteiger partial charge in [-0.25, -0.2) is 4.79 Å². The van der Waals surface area contributed by atoms with Gasteiger partial charge in [-0.2, -0.15) is 4.99 Å². The highest BCUT2D eigenvalue weighted by Crippen LogP contribution is 2.25. The van der Waals surface area contributed by atoms with Crippen molar-refractivity contribution in [2.45, 2.75) is 0 Å². The number of nitrogens with zero attached hydrogens (tertiary/aromatic N) is 1. The maximum absolute atomic E-state index is 11.3. The molecule has 1 rings (SSSR count). The van der Waals surface area contributed by atoms with Crippen LogP contribution in [0.5, 0.6) is 5.75 Å². The first-order chi connectivity index (χ1) is 7.22. The molecule has 78 valence electrons. The number of esters is 1. The molecule has 0 aliphatic carbocycles. The van der Waals surface area contributed by atoms with Crippen molar-refractivity contribution in [1.82, 2.24) is 0 Å². The van der Waals surface area contributed by atoms with Gasteiger partial charge >= 0.3 is 5.97 Å². The molecule has 0 fully saturated rings. The zero-order valence-electron chi connectivity index (χ0n) is 8.31. The zero-order chi connectivity index (χ0) is 11.3. The molecular formula is C10H9NO3S. The fourth-order valence-electron chi connectivity index (χ4n) is 1.08. The normalized spacial score (nSPS) is 8.93. The first-order valence-corrected chi connectivity index (χ1v) is 4.48. The van der Waals surface area contributed by atoms with Gasteiger partial charge in [0.15, 0.2) is 0 Å². The molecule has 0 aliphatic heterocycles. The molecule has 0 saturated heterocycles. The maximum Gasteiger partial charge on any atom is 0.341 e. The van der Waals surface area contributed by atoms with Gasteiger partial charge < -0.3 is 9.47 Å². The van der Waals surface area contributed by atoms with E-state index in [1.807, 2.05) is 0 Å². The number of carbonyl (C=O) groups excluding carboxylic acids is 1. The van der Waals surface area contributed by atoms with Gasteiger partial charge in [0.2, 0.25) is 0 Å². The van der Waals surface area contributed by atoms with Crippen LogP contribution in [-0.4, -0.2) is 25.4 Å². The number of hydrogen-bond donors (Lipinski definition) is 0. The van der Waals surface area contributed by atoms with Gasteiger partial charge in [0.05, 0.1) is 25.1 Å². The summed E-state index contributed by atoms with van der Waals surface area (Å²) in [7, 11) is 2.78. The molecule has 0 saturated carbocycles. The molecule has 0 aliphatic rings. The largest absolute Gasteiger partial charge is 0.496 e. The third kappa shape index (κ3) is 2.62. The van der Waals surface area contributed by atoms with Gasteiger partial charge in [0, 0.05) is 6.07 Å². The molecule has 15 heavy (non-hydrogen) atoms. The molecule has 0 radical (unpaired) electrons. The second-order valence-corrected chi connectivity index (χ2v) is 2.76. The molecule has 5 heteroatoms. The summed E-state index contributed by atoms with van der Waals surface area (Å²) in [5.41, 5.74) is 0.929. The lowest BCUT2D eigenvalue weighted by Gasteiger charge is -2.06. The molecule has 0 aromatic heterocycles. The molecule has 0 atom stereocenters. The molecule has 0 unspecified atom stereocenters. The van der Waals surface area contributed by atoms with Gasteiger partial charge in [0.1, 0.15) is 11.3 Å². The quantitative estimate of drug-likeness (QED) is 0.448. The lowest BCUT2D eigenvalue weighted by molar-refractivity contribution is 0.0597. The van der Waals surface area contributed by atoms with Crippen LogP contribution in [0, 0.1) is 0 Å². The minimum Gasteiger partial charge on any atom is -0.496 e. The van der Waals surface area contributed by atoms with E-state index >= 15 is 0 Å². The third-order valence-corrected chi connectivity index (χ3v) is 1.86. The summed E-state index contributed by atoms with van der Waals surface area (Å²) >= 11 is 4.47. The number of isothiocyanates is 1. The highest BCUT2D eigenvalue weighted by Gasteiger charge is 2.12. The summed E-state index contributed by atoms with van der Waals surface area (Å²) in [5.74, 6) is -0.0573. The van der Waals surface area contributed by atoms with Crippen LogP contribution in [0.3, 0.4) is 0 Å². The average Bonchev–Trinajstić information content (AvgIpc) is 2.28. The summed E-state index contributed by atoms with van der Waals surface area (Å²) < 4.78 is 9.63. The van der Waals surface area contributed by atoms with E-state index < -0.39 is 5.97 Å². The van der Waals surface area contributed by atoms with Crippen LogP contribution in [-0.2, 0) is 4.74 Å². The predicted molar refractivity (Wildman–Crippen MR) is 59.0 cm³/mol. The second kappa shape index (κ2) is 5.24. The molecule has 0 bridgehead atoms. The Labute approximate surface area is 92.5 Å². The van der Waals surface area contributed by atoms with E-state index in [2.05, 4.69) is 27.1 Å². The van der Waals surface area contributed by atoms with Crippen LogP contribution in [0.2, 0.25) is 0 Å². The van der Waals surface area contributed by atoms with Gasteiger partial charge in [-0.05, 0) is 24.4 Å². The number of carbonyl (C=O) groups is 1. The Bertz CT molecular complexity index is 425. The van der Waals surface area contributed by atoms with E-state index in [-0.39, 0.29) is 0 Å². The third-order valence-electron chi connectivity index (χ3n) is 1.77. The topological polar surface area (TPSA) is 47.9 Å². The minimum absolute atomic E-state index is 0.350. The van der Waals surface area contributed by atoms with Gasteiger partial charge in [-0.3, -0.25) is 0 Å². The fourth-order valence-corrected chi connectivity index (χ4v) is 1.19. The predicted octanol–water partition coefficient (Wildman–Crippen LogP) is 2.22. The van der Waals surface area contributed by atoms with Gasteiger partial charge in [-0.15, -0.1) is 0 Å². The molecule has 0 amide bonds. The maximum atomic E-state index is 11.3. The fraction of sp³-hybridized carbons (Fsp3) is 0.200. The molecular weight excluding hydrogens is 214 g/mol. The Kier molecular flexibility index (Phi) is 3.97. The van der Waals surface area contributed by atoms with Crippen molar-refractivity contribution < 1.29 is 14.3 Å². The van der Waals surface area contributed by atoms with Crippen molar-refractivity contribution in [3.63, 3.8) is 0 Å². The molecule has 4 nitrogen and oxygen atoms in total. The van der Waals surface area contributed by atoms with Crippen LogP contribution in [0.4, 0.5) is 5.69 Å². The highest BCUT2D eigenvalue weighted by molar-refractivity contribution is 7.78. The minimum atomic E-state index is -0.454. The number of aliphatic imine (C=N–C) groups is 1. The van der Waals surface area contributed by atoms with E-state index in [9.17, 15) is 4.79 Å². The Morgan fingerprint density at radius 1 is 1.47 bits per heavy atom. The molecule has 1 aromatic rings. The lowest BCUT2D eigenvalue weighted by Crippen LogP contribution is -2.03. The van der Waals surface area contributed by atoms with Gasteiger partial charge in [0.25, 0.3) is 0 Å². The summed E-state index contributed by atoms with van der Waals surface area (Å²) in [6.45, 7) is 0. The van der Waals surface area contributed by atoms with Crippen molar-refractivity contribution in [3.05, 3.63) is 23.8 Å². The highest BCUT2D eigenvalue weighted by atomic mass is 32.1. The zero-order valence-corrected chi connectivity index (χ0v) is 9.13. The van der Waals surface area contributed by atoms with Crippen LogP contribution >= 0.6 is 12.2 Å². The lowest BCUT2D eigenvalue weighted by atomic mass is 10.2. The van der Waals surface area contributed by atoms with Crippen LogP contribution < -0.4 is 4.74 Å². The number of benzene rings is 1. The van der Waals surface area contributed by atoms with Crippen LogP contribution in [0.1, 0.15) is 10.4 Å². The number of ether oxygens (including phenoxy) is 2. The Morgan fingerprint density at radius 2 is 2.20 bits per heavy atom. The number of rotatable bonds is 3. The van der Waals surface area contributed by atoms with Crippen LogP contribution in [0.15, 0.2) is 23.2 Å². The average molecular weight is 223 g/mol. The summed E-state index contributed by atoms with van der Waals surface area (Å²) in [6, 6.07) is 4.79. The first-order valence-electron chi connectivity index (χ1n) is 4.07. The SMILES string of the molecule is COC(=O)c1ccc(N=C=S)cc1OC. The standard InChI is InChI=1S/C10H9NO3S/c1-13-9-5-7(11-6-15)3-4-8(9)10(12)14-2/h3-5H,1-2H3. The van der Waals surface area contributed by atoms with Crippen LogP contribution in [0.25, 0.3) is 0 Å². The monoisotopic (exact) mass is 223 g/mol. The second-order valence-electron chi connectivity index (χ2n) is 2.58. The van der Waals surface area contributed by atoms with E-state index in [4.69, 9.17) is 4.74 Å². The van der Waals surface area contributed by atoms with E-state index in [1.165, 1.54) is 14.2 Å². The van der Waals surface area contributed by atoms with Crippen molar-refractivity contribution >= 4 is 29.0 Å². The molecule has 0 heterocycles. The molecule has 0 N–H and O–H groups in total. The Hall–Kier alpha value is -1.71. The van der Waals surface area contributed by atoms with E-state index in [0.29, 0.717) is 17.0 Å². The van der Waals surface area contributed by atoms with E-state index in [1.54, 1.807) is 18.2 Å².